The van der Waals surface area contributed by atoms with Gasteiger partial charge in [-0.3, -0.25) is 19.9 Å². The highest BCUT2D eigenvalue weighted by molar-refractivity contribution is 6.11. The van der Waals surface area contributed by atoms with Crippen LogP contribution >= 0.6 is 0 Å². The number of aromatic amines is 1. The quantitative estimate of drug-likeness (QED) is 0.187. The Morgan fingerprint density at radius 2 is 1.83 bits per heavy atom. The van der Waals surface area contributed by atoms with Crippen LogP contribution in [0.5, 0.6) is 5.75 Å². The van der Waals surface area contributed by atoms with Crippen molar-refractivity contribution < 1.29 is 31.9 Å². The number of anilines is 1. The van der Waals surface area contributed by atoms with Crippen molar-refractivity contribution >= 4 is 23.4 Å². The number of nitrogens with zero attached hydrogens (tertiary/aromatic N) is 4. The first-order chi connectivity index (χ1) is 17.0. The van der Waals surface area contributed by atoms with Crippen LogP contribution in [0.25, 0.3) is 11.3 Å². The molecule has 4 rings (SSSR count). The van der Waals surface area contributed by atoms with Crippen molar-refractivity contribution in [1.29, 1.82) is 0 Å². The Hall–Kier alpha value is -4.75. The van der Waals surface area contributed by atoms with Gasteiger partial charge in [0.25, 0.3) is 5.91 Å². The van der Waals surface area contributed by atoms with Crippen LogP contribution in [-0.2, 0) is 13.2 Å². The van der Waals surface area contributed by atoms with Gasteiger partial charge in [-0.25, -0.2) is 8.78 Å². The van der Waals surface area contributed by atoms with Gasteiger partial charge in [0.2, 0.25) is 5.96 Å². The van der Waals surface area contributed by atoms with Crippen molar-refractivity contribution in [1.82, 2.24) is 25.3 Å². The van der Waals surface area contributed by atoms with Gasteiger partial charge in [-0.05, 0) is 36.4 Å². The Balaban J connectivity index is 1.67. The van der Waals surface area contributed by atoms with Gasteiger partial charge in [0.05, 0.1) is 11.3 Å². The molecule has 0 spiro atoms. The maximum absolute atomic E-state index is 14.2. The van der Waals surface area contributed by atoms with Crippen LogP contribution in [0, 0.1) is 11.6 Å². The molecule has 0 saturated heterocycles. The molecule has 0 saturated carbocycles. The Morgan fingerprint density at radius 1 is 1.11 bits per heavy atom. The van der Waals surface area contributed by atoms with Crippen LogP contribution in [0.3, 0.4) is 0 Å². The van der Waals surface area contributed by atoms with Gasteiger partial charge in [-0.1, -0.05) is 0 Å². The topological polar surface area (TPSA) is 120 Å². The predicted octanol–water partition coefficient (Wildman–Crippen LogP) is 4.34. The zero-order valence-electron chi connectivity index (χ0n) is 18.2. The second-order valence-corrected chi connectivity index (χ2v) is 7.41. The molecular weight excluding hydrogens is 489 g/mol. The fraction of sp³-hybridized carbons (Fsp3) is 0.0909. The number of rotatable bonds is 4. The smallest absolute Gasteiger partial charge is 0.435 e. The highest BCUT2D eigenvalue weighted by Crippen LogP contribution is 2.31. The summed E-state index contributed by atoms with van der Waals surface area (Å²) < 4.78 is 68.2. The Kier molecular flexibility index (Phi) is 6.42. The van der Waals surface area contributed by atoms with Gasteiger partial charge in [-0.2, -0.15) is 28.4 Å². The number of alkyl halides is 3. The minimum atomic E-state index is -4.89. The molecule has 0 bridgehead atoms. The second kappa shape index (κ2) is 9.48. The molecule has 4 N–H and O–H groups in total. The van der Waals surface area contributed by atoms with E-state index in [1.165, 1.54) is 37.4 Å². The van der Waals surface area contributed by atoms with E-state index in [1.807, 2.05) is 0 Å². The number of aromatic nitrogens is 4. The molecule has 0 unspecified atom stereocenters. The molecule has 0 aliphatic rings. The number of halogens is 5. The van der Waals surface area contributed by atoms with Gasteiger partial charge < -0.3 is 10.4 Å². The number of amides is 1. The standard InChI is InChI=1S/C22H16F5N7O2/c1-34-10-15(19(33-34)22(25,26)27)20(36)30-21(28-12-4-2-11(23)3-5-12)29-18-9-17(31-32-18)14-7-6-13(35)8-16(14)24/h2-10,35H,1H3,(H3,28,29,30,31,32,36). The van der Waals surface area contributed by atoms with Gasteiger partial charge in [-0.15, -0.1) is 0 Å². The minimum absolute atomic E-state index is 0.0593. The largest absolute Gasteiger partial charge is 0.508 e. The first-order valence-electron chi connectivity index (χ1n) is 10.1. The Bertz CT molecular complexity index is 1440. The fourth-order valence-corrected chi connectivity index (χ4v) is 3.14. The summed E-state index contributed by atoms with van der Waals surface area (Å²) in [7, 11) is 1.23. The third kappa shape index (κ3) is 5.48. The van der Waals surface area contributed by atoms with Gasteiger partial charge in [0.1, 0.15) is 17.4 Å². The number of phenolic OH excluding ortho intramolecular Hbond substituents is 1. The third-order valence-electron chi connectivity index (χ3n) is 4.71. The molecule has 1 amide bonds. The highest BCUT2D eigenvalue weighted by atomic mass is 19.4. The number of aryl methyl sites for hydroxylation is 1. The number of aliphatic imine (C=N–C) groups is 1. The number of carbonyl (C=O) groups is 1. The zero-order valence-corrected chi connectivity index (χ0v) is 18.2. The van der Waals surface area contributed by atoms with Crippen molar-refractivity contribution in [3.8, 4) is 17.0 Å². The molecule has 0 radical (unpaired) electrons. The number of H-pyrrole nitrogens is 1. The molecule has 186 valence electrons. The average Bonchev–Trinajstić information content (AvgIpc) is 3.42. The molecule has 0 fully saturated rings. The van der Waals surface area contributed by atoms with Crippen LogP contribution in [0.2, 0.25) is 0 Å². The number of nitrogens with one attached hydrogen (secondary N) is 3. The minimum Gasteiger partial charge on any atom is -0.508 e. The monoisotopic (exact) mass is 505 g/mol. The van der Waals surface area contributed by atoms with Crippen LogP contribution in [0.15, 0.2) is 59.7 Å². The summed E-state index contributed by atoms with van der Waals surface area (Å²) in [6, 6.07) is 9.61. The summed E-state index contributed by atoms with van der Waals surface area (Å²) in [5.74, 6) is -3.18. The van der Waals surface area contributed by atoms with E-state index in [1.54, 1.807) is 0 Å². The van der Waals surface area contributed by atoms with Crippen molar-refractivity contribution in [2.24, 2.45) is 12.0 Å². The molecule has 0 aliphatic heterocycles. The number of aromatic hydroxyl groups is 1. The van der Waals surface area contributed by atoms with Gasteiger partial charge in [0, 0.05) is 36.6 Å². The Labute approximate surface area is 199 Å². The van der Waals surface area contributed by atoms with E-state index in [2.05, 4.69) is 30.9 Å². The number of carbonyl (C=O) groups excluding carboxylic acids is 1. The molecule has 2 aromatic heterocycles. The molecule has 9 nitrogen and oxygen atoms in total. The lowest BCUT2D eigenvalue weighted by Crippen LogP contribution is -2.36. The molecule has 0 aliphatic carbocycles. The number of hydrogen-bond acceptors (Lipinski definition) is 5. The normalized spacial score (nSPS) is 12.0. The van der Waals surface area contributed by atoms with E-state index >= 15 is 0 Å². The van der Waals surface area contributed by atoms with E-state index in [9.17, 15) is 31.9 Å². The molecule has 2 aromatic carbocycles. The van der Waals surface area contributed by atoms with Crippen molar-refractivity contribution in [2.45, 2.75) is 6.18 Å². The predicted molar refractivity (Wildman–Crippen MR) is 118 cm³/mol. The van der Waals surface area contributed by atoms with E-state index < -0.39 is 35.0 Å². The summed E-state index contributed by atoms with van der Waals surface area (Å²) in [5.41, 5.74) is -1.67. The maximum Gasteiger partial charge on any atom is 0.435 e. The van der Waals surface area contributed by atoms with Crippen molar-refractivity contribution in [2.75, 3.05) is 5.32 Å². The first-order valence-corrected chi connectivity index (χ1v) is 10.1. The van der Waals surface area contributed by atoms with E-state index in [-0.39, 0.29) is 34.5 Å². The average molecular weight is 505 g/mol. The van der Waals surface area contributed by atoms with Crippen LogP contribution in [0.4, 0.5) is 33.5 Å². The molecule has 4 aromatic rings. The summed E-state index contributed by atoms with van der Waals surface area (Å²) >= 11 is 0. The van der Waals surface area contributed by atoms with E-state index in [0.29, 0.717) is 0 Å². The van der Waals surface area contributed by atoms with Gasteiger partial charge >= 0.3 is 6.18 Å². The number of benzene rings is 2. The fourth-order valence-electron chi connectivity index (χ4n) is 3.14. The molecule has 2 heterocycles. The first kappa shape index (κ1) is 24.4. The third-order valence-corrected chi connectivity index (χ3v) is 4.71. The summed E-state index contributed by atoms with van der Waals surface area (Å²) in [6.45, 7) is 0. The van der Waals surface area contributed by atoms with Crippen LogP contribution < -0.4 is 10.6 Å². The number of guanidine groups is 1. The van der Waals surface area contributed by atoms with Crippen molar-refractivity contribution in [3.63, 3.8) is 0 Å². The summed E-state index contributed by atoms with van der Waals surface area (Å²) in [5, 5.41) is 24.0. The lowest BCUT2D eigenvalue weighted by molar-refractivity contribution is -0.141. The van der Waals surface area contributed by atoms with Crippen molar-refractivity contribution in [3.05, 3.63) is 77.6 Å². The SMILES string of the molecule is Cn1cc(C(=O)NC(=Nc2cc(-c3ccc(O)cc3F)[nH]n2)Nc2ccc(F)cc2)c(C(F)(F)F)n1. The van der Waals surface area contributed by atoms with E-state index in [0.717, 1.165) is 29.1 Å². The summed E-state index contributed by atoms with van der Waals surface area (Å²) in [6.07, 6.45) is -3.99. The molecule has 36 heavy (non-hydrogen) atoms. The number of hydrogen-bond donors (Lipinski definition) is 4. The number of phenols is 1. The van der Waals surface area contributed by atoms with Crippen LogP contribution in [0.1, 0.15) is 16.1 Å². The molecular formula is C22H16F5N7O2. The highest BCUT2D eigenvalue weighted by Gasteiger charge is 2.39. The van der Waals surface area contributed by atoms with Gasteiger partial charge in [0.15, 0.2) is 11.5 Å². The van der Waals surface area contributed by atoms with E-state index in [4.69, 9.17) is 0 Å². The summed E-state index contributed by atoms with van der Waals surface area (Å²) in [4.78, 5) is 16.8. The second-order valence-electron chi connectivity index (χ2n) is 7.41. The lowest BCUT2D eigenvalue weighted by atomic mass is 10.1. The van der Waals surface area contributed by atoms with Crippen LogP contribution in [-0.4, -0.2) is 37.0 Å². The molecule has 14 heteroatoms. The zero-order chi connectivity index (χ0) is 26.0. The maximum atomic E-state index is 14.2. The molecule has 0 atom stereocenters. The Morgan fingerprint density at radius 3 is 2.50 bits per heavy atom. The lowest BCUT2D eigenvalue weighted by Gasteiger charge is -2.12.